The van der Waals surface area contributed by atoms with Gasteiger partial charge in [0.1, 0.15) is 0 Å². The van der Waals surface area contributed by atoms with E-state index in [1.807, 2.05) is 0 Å². The molecular weight excluding hydrogens is 216 g/mol. The van der Waals surface area contributed by atoms with Gasteiger partial charge in [0.2, 0.25) is 0 Å². The molecule has 2 rings (SSSR count). The molecule has 1 aliphatic carbocycles. The minimum absolute atomic E-state index is 0.544. The lowest BCUT2D eigenvalue weighted by Gasteiger charge is -2.27. The van der Waals surface area contributed by atoms with Crippen LogP contribution in [-0.4, -0.2) is 0 Å². The van der Waals surface area contributed by atoms with Crippen molar-refractivity contribution in [2.24, 2.45) is 5.92 Å². The molecule has 18 heavy (non-hydrogen) atoms. The minimum Gasteiger partial charge on any atom is -0.0995 e. The molecule has 0 saturated carbocycles. The van der Waals surface area contributed by atoms with Crippen molar-refractivity contribution in [2.45, 2.75) is 33.6 Å². The molecule has 0 heterocycles. The average molecular weight is 238 g/mol. The summed E-state index contributed by atoms with van der Waals surface area (Å²) in [6.45, 7) is 10.7. The maximum atomic E-state index is 4.15. The minimum atomic E-state index is 0.544. The fraction of sp³-hybridized carbons (Fsp3) is 0.333. The van der Waals surface area contributed by atoms with Gasteiger partial charge in [0, 0.05) is 5.92 Å². The SMILES string of the molecule is C=C(C)[C@H]1CCC(c2ccccc2)=CC1=C(C)C. The van der Waals surface area contributed by atoms with Gasteiger partial charge in [-0.2, -0.15) is 0 Å². The molecule has 0 radical (unpaired) electrons. The first kappa shape index (κ1) is 12.9. The third kappa shape index (κ3) is 2.64. The highest BCUT2D eigenvalue weighted by Crippen LogP contribution is 2.37. The van der Waals surface area contributed by atoms with Crippen LogP contribution in [0.15, 0.2) is 59.7 Å². The Morgan fingerprint density at radius 2 is 1.78 bits per heavy atom. The van der Waals surface area contributed by atoms with Crippen molar-refractivity contribution >= 4 is 5.57 Å². The van der Waals surface area contributed by atoms with Crippen LogP contribution in [0.4, 0.5) is 0 Å². The summed E-state index contributed by atoms with van der Waals surface area (Å²) in [5, 5.41) is 0. The van der Waals surface area contributed by atoms with Crippen molar-refractivity contribution < 1.29 is 0 Å². The first-order chi connectivity index (χ1) is 8.59. The van der Waals surface area contributed by atoms with E-state index in [2.05, 4.69) is 63.8 Å². The third-order valence-corrected chi connectivity index (χ3v) is 3.72. The van der Waals surface area contributed by atoms with E-state index in [-0.39, 0.29) is 0 Å². The van der Waals surface area contributed by atoms with Gasteiger partial charge in [-0.15, -0.1) is 0 Å². The van der Waals surface area contributed by atoms with Crippen LogP contribution in [-0.2, 0) is 0 Å². The molecule has 1 aromatic rings. The molecule has 1 atom stereocenters. The Morgan fingerprint density at radius 3 is 2.33 bits per heavy atom. The first-order valence-corrected chi connectivity index (χ1v) is 6.68. The maximum Gasteiger partial charge on any atom is 0.00453 e. The number of allylic oxidation sites excluding steroid dienone is 5. The highest BCUT2D eigenvalue weighted by Gasteiger charge is 2.21. The fourth-order valence-corrected chi connectivity index (χ4v) is 2.70. The van der Waals surface area contributed by atoms with Crippen LogP contribution in [0.5, 0.6) is 0 Å². The van der Waals surface area contributed by atoms with Crippen LogP contribution in [0.2, 0.25) is 0 Å². The second-order valence-corrected chi connectivity index (χ2v) is 5.43. The lowest BCUT2D eigenvalue weighted by atomic mass is 9.78. The van der Waals surface area contributed by atoms with E-state index in [9.17, 15) is 0 Å². The Morgan fingerprint density at radius 1 is 1.11 bits per heavy atom. The molecule has 0 saturated heterocycles. The molecule has 94 valence electrons. The zero-order valence-electron chi connectivity index (χ0n) is 11.7. The maximum absolute atomic E-state index is 4.15. The van der Waals surface area contributed by atoms with Crippen LogP contribution >= 0.6 is 0 Å². The summed E-state index contributed by atoms with van der Waals surface area (Å²) in [7, 11) is 0. The van der Waals surface area contributed by atoms with Crippen molar-refractivity contribution in [2.75, 3.05) is 0 Å². The van der Waals surface area contributed by atoms with Gasteiger partial charge in [-0.3, -0.25) is 0 Å². The van der Waals surface area contributed by atoms with E-state index in [1.165, 1.54) is 34.3 Å². The molecule has 0 amide bonds. The van der Waals surface area contributed by atoms with Crippen LogP contribution in [0.3, 0.4) is 0 Å². The zero-order valence-corrected chi connectivity index (χ0v) is 11.7. The summed E-state index contributed by atoms with van der Waals surface area (Å²) in [5.74, 6) is 0.544. The monoisotopic (exact) mass is 238 g/mol. The Kier molecular flexibility index (Phi) is 3.86. The second kappa shape index (κ2) is 5.39. The molecule has 0 bridgehead atoms. The number of rotatable bonds is 2. The van der Waals surface area contributed by atoms with Gasteiger partial charge in [0.25, 0.3) is 0 Å². The molecule has 0 aromatic heterocycles. The van der Waals surface area contributed by atoms with Crippen LogP contribution in [0.1, 0.15) is 39.2 Å². The highest BCUT2D eigenvalue weighted by molar-refractivity contribution is 5.70. The largest absolute Gasteiger partial charge is 0.0995 e. The summed E-state index contributed by atoms with van der Waals surface area (Å²) in [5.41, 5.74) is 6.99. The zero-order chi connectivity index (χ0) is 13.1. The molecule has 0 heteroatoms. The van der Waals surface area contributed by atoms with Crippen LogP contribution in [0.25, 0.3) is 5.57 Å². The van der Waals surface area contributed by atoms with Gasteiger partial charge in [-0.1, -0.05) is 54.1 Å². The van der Waals surface area contributed by atoms with Crippen molar-refractivity contribution in [3.05, 3.63) is 65.3 Å². The van der Waals surface area contributed by atoms with Gasteiger partial charge in [0.05, 0.1) is 0 Å². The summed E-state index contributed by atoms with van der Waals surface area (Å²) in [6, 6.07) is 10.7. The van der Waals surface area contributed by atoms with Crippen molar-refractivity contribution in [3.8, 4) is 0 Å². The standard InChI is InChI=1S/C18H22/c1-13(2)17-11-10-16(12-18(17)14(3)4)15-8-6-5-7-9-15/h5-9,12,17H,1,10-11H2,2-4H3/t17-/m1/s1. The lowest BCUT2D eigenvalue weighted by Crippen LogP contribution is -2.11. The van der Waals surface area contributed by atoms with Crippen molar-refractivity contribution in [1.82, 2.24) is 0 Å². The van der Waals surface area contributed by atoms with Crippen molar-refractivity contribution in [1.29, 1.82) is 0 Å². The second-order valence-electron chi connectivity index (χ2n) is 5.43. The van der Waals surface area contributed by atoms with E-state index in [0.717, 1.165) is 6.42 Å². The van der Waals surface area contributed by atoms with Gasteiger partial charge in [0.15, 0.2) is 0 Å². The van der Waals surface area contributed by atoms with Gasteiger partial charge >= 0.3 is 0 Å². The molecular formula is C18H22. The molecule has 0 fully saturated rings. The molecule has 1 aliphatic rings. The van der Waals surface area contributed by atoms with E-state index < -0.39 is 0 Å². The molecule has 0 nitrogen and oxygen atoms in total. The third-order valence-electron chi connectivity index (χ3n) is 3.72. The predicted octanol–water partition coefficient (Wildman–Crippen LogP) is 5.39. The van der Waals surface area contributed by atoms with Gasteiger partial charge < -0.3 is 0 Å². The summed E-state index contributed by atoms with van der Waals surface area (Å²) < 4.78 is 0. The van der Waals surface area contributed by atoms with E-state index >= 15 is 0 Å². The quantitative estimate of drug-likeness (QED) is 0.606. The molecule has 0 aliphatic heterocycles. The average Bonchev–Trinajstić information content (AvgIpc) is 2.39. The van der Waals surface area contributed by atoms with Crippen LogP contribution in [0, 0.1) is 5.92 Å². The number of benzene rings is 1. The Hall–Kier alpha value is -1.56. The lowest BCUT2D eigenvalue weighted by molar-refractivity contribution is 0.647. The summed E-state index contributed by atoms with van der Waals surface area (Å²) in [6.07, 6.45) is 4.72. The normalized spacial score (nSPS) is 19.4. The van der Waals surface area contributed by atoms with E-state index in [4.69, 9.17) is 0 Å². The number of hydrogen-bond donors (Lipinski definition) is 0. The topological polar surface area (TPSA) is 0 Å². The highest BCUT2D eigenvalue weighted by atomic mass is 14.3. The van der Waals surface area contributed by atoms with Gasteiger partial charge in [-0.25, -0.2) is 0 Å². The first-order valence-electron chi connectivity index (χ1n) is 6.68. The molecule has 0 N–H and O–H groups in total. The number of hydrogen-bond acceptors (Lipinski definition) is 0. The van der Waals surface area contributed by atoms with E-state index in [1.54, 1.807) is 0 Å². The molecule has 0 spiro atoms. The van der Waals surface area contributed by atoms with Gasteiger partial charge in [-0.05, 0) is 50.3 Å². The fourth-order valence-electron chi connectivity index (χ4n) is 2.70. The molecule has 0 unspecified atom stereocenters. The summed E-state index contributed by atoms with van der Waals surface area (Å²) >= 11 is 0. The molecule has 1 aromatic carbocycles. The smallest absolute Gasteiger partial charge is 0.00453 e. The van der Waals surface area contributed by atoms with Crippen LogP contribution < -0.4 is 0 Å². The Bertz CT molecular complexity index is 496. The Labute approximate surface area is 111 Å². The van der Waals surface area contributed by atoms with E-state index in [0.29, 0.717) is 5.92 Å². The van der Waals surface area contributed by atoms with Crippen molar-refractivity contribution in [3.63, 3.8) is 0 Å². The Balaban J connectivity index is 2.40. The summed E-state index contributed by atoms with van der Waals surface area (Å²) in [4.78, 5) is 0. The predicted molar refractivity (Wildman–Crippen MR) is 80.3 cm³/mol.